The summed E-state index contributed by atoms with van der Waals surface area (Å²) in [6, 6.07) is 0. The summed E-state index contributed by atoms with van der Waals surface area (Å²) >= 11 is 0. The van der Waals surface area contributed by atoms with Crippen LogP contribution in [-0.2, 0) is 14.3 Å². The number of ether oxygens (including phenoxy) is 2. The Kier molecular flexibility index (Phi) is 5.82. The van der Waals surface area contributed by atoms with Crippen molar-refractivity contribution < 1.29 is 14.3 Å². The molecule has 0 N–H and O–H groups in total. The Morgan fingerprint density at radius 1 is 1.38 bits per heavy atom. The van der Waals surface area contributed by atoms with E-state index in [2.05, 4.69) is 0 Å². The van der Waals surface area contributed by atoms with Gasteiger partial charge in [0.15, 0.2) is 0 Å². The first-order valence-corrected chi connectivity index (χ1v) is 5.43. The van der Waals surface area contributed by atoms with Gasteiger partial charge in [-0.15, -0.1) is 0 Å². The van der Waals surface area contributed by atoms with Crippen molar-refractivity contribution in [2.75, 3.05) is 20.8 Å². The Bertz CT molecular complexity index is 263. The van der Waals surface area contributed by atoms with Crippen molar-refractivity contribution in [3.63, 3.8) is 0 Å². The van der Waals surface area contributed by atoms with Crippen molar-refractivity contribution in [2.45, 2.75) is 25.2 Å². The summed E-state index contributed by atoms with van der Waals surface area (Å²) in [6.45, 7) is 0.652. The lowest BCUT2D eigenvalue weighted by molar-refractivity contribution is -0.104. The summed E-state index contributed by atoms with van der Waals surface area (Å²) < 4.78 is 10.8. The molecule has 0 spiro atoms. The topological polar surface area (TPSA) is 38.8 Å². The van der Waals surface area contributed by atoms with Crippen molar-refractivity contribution >= 4 is 6.29 Å². The average Bonchev–Trinajstić information content (AvgIpc) is 2.73. The van der Waals surface area contributed by atoms with Crippen LogP contribution in [0, 0.1) is 0 Å². The molecule has 4 heteroatoms. The number of allylic oxidation sites excluding steroid dienone is 3. The summed E-state index contributed by atoms with van der Waals surface area (Å²) in [6.07, 6.45) is 9.98. The van der Waals surface area contributed by atoms with Gasteiger partial charge in [0, 0.05) is 20.4 Å². The predicted octanol–water partition coefficient (Wildman–Crippen LogP) is 1.34. The van der Waals surface area contributed by atoms with E-state index in [0.717, 1.165) is 19.1 Å². The molecule has 0 aliphatic carbocycles. The van der Waals surface area contributed by atoms with Gasteiger partial charge in [-0.3, -0.25) is 4.79 Å². The van der Waals surface area contributed by atoms with Gasteiger partial charge in [0.05, 0.1) is 12.7 Å². The largest absolute Gasteiger partial charge is 0.382 e. The Hall–Kier alpha value is -1.13. The van der Waals surface area contributed by atoms with E-state index in [-0.39, 0.29) is 12.3 Å². The number of carbonyl (C=O) groups excluding carboxylic acids is 1. The smallest absolute Gasteiger partial charge is 0.142 e. The zero-order valence-electron chi connectivity index (χ0n) is 9.83. The Morgan fingerprint density at radius 3 is 2.88 bits per heavy atom. The number of rotatable bonds is 6. The van der Waals surface area contributed by atoms with E-state index in [1.807, 2.05) is 24.2 Å². The molecule has 90 valence electrons. The lowest BCUT2D eigenvalue weighted by atomic mass is 10.2. The second-order valence-corrected chi connectivity index (χ2v) is 3.77. The highest BCUT2D eigenvalue weighted by Gasteiger charge is 2.26. The molecule has 0 aromatic rings. The Morgan fingerprint density at radius 2 is 2.19 bits per heavy atom. The van der Waals surface area contributed by atoms with Gasteiger partial charge in [0.1, 0.15) is 12.5 Å². The zero-order chi connectivity index (χ0) is 11.8. The number of carbonyl (C=O) groups is 1. The molecule has 1 rings (SSSR count). The van der Waals surface area contributed by atoms with Crippen LogP contribution in [0.25, 0.3) is 0 Å². The van der Waals surface area contributed by atoms with E-state index in [1.54, 1.807) is 13.2 Å². The van der Waals surface area contributed by atoms with Gasteiger partial charge >= 0.3 is 0 Å². The maximum Gasteiger partial charge on any atom is 0.142 e. The third-order valence-electron chi connectivity index (χ3n) is 2.51. The van der Waals surface area contributed by atoms with Gasteiger partial charge in [0.2, 0.25) is 0 Å². The normalized spacial score (nSPS) is 25.6. The van der Waals surface area contributed by atoms with Crippen LogP contribution in [0.2, 0.25) is 0 Å². The van der Waals surface area contributed by atoms with E-state index in [9.17, 15) is 4.79 Å². The van der Waals surface area contributed by atoms with Crippen molar-refractivity contribution in [1.82, 2.24) is 4.90 Å². The van der Waals surface area contributed by atoms with Gasteiger partial charge in [-0.05, 0) is 25.0 Å². The summed E-state index contributed by atoms with van der Waals surface area (Å²) in [5.41, 5.74) is 0. The number of hydrogen-bond acceptors (Lipinski definition) is 4. The molecule has 0 aromatic heterocycles. The molecule has 0 bridgehead atoms. The second kappa shape index (κ2) is 7.19. The van der Waals surface area contributed by atoms with E-state index >= 15 is 0 Å². The molecule has 0 amide bonds. The minimum atomic E-state index is 0.112. The maximum absolute atomic E-state index is 10.0. The van der Waals surface area contributed by atoms with Crippen LogP contribution < -0.4 is 0 Å². The lowest BCUT2D eigenvalue weighted by Crippen LogP contribution is -2.28. The third-order valence-corrected chi connectivity index (χ3v) is 2.51. The number of nitrogens with zero attached hydrogens (tertiary/aromatic N) is 1. The standard InChI is InChI=1S/C12H19NO3/c1-13(8-4-3-5-9-14)12-7-6-11(16-12)10-15-2/h3-5,8-9,11-12H,6-7,10H2,1-2H3/b5-3-,8-4-. The molecule has 1 fully saturated rings. The predicted molar refractivity (Wildman–Crippen MR) is 61.9 cm³/mol. The minimum Gasteiger partial charge on any atom is -0.382 e. The number of hydrogen-bond donors (Lipinski definition) is 0. The lowest BCUT2D eigenvalue weighted by Gasteiger charge is -2.22. The van der Waals surface area contributed by atoms with Crippen LogP contribution in [0.3, 0.4) is 0 Å². The van der Waals surface area contributed by atoms with Gasteiger partial charge in [-0.1, -0.05) is 6.08 Å². The molecule has 0 aromatic carbocycles. The molecule has 0 radical (unpaired) electrons. The molecule has 4 nitrogen and oxygen atoms in total. The van der Waals surface area contributed by atoms with Crippen molar-refractivity contribution in [2.24, 2.45) is 0 Å². The Labute approximate surface area is 96.5 Å². The first-order valence-electron chi connectivity index (χ1n) is 5.43. The van der Waals surface area contributed by atoms with Crippen LogP contribution >= 0.6 is 0 Å². The molecule has 1 aliphatic heterocycles. The minimum absolute atomic E-state index is 0.112. The fourth-order valence-corrected chi connectivity index (χ4v) is 1.69. The monoisotopic (exact) mass is 225 g/mol. The molecule has 0 saturated carbocycles. The van der Waals surface area contributed by atoms with Crippen LogP contribution in [0.4, 0.5) is 0 Å². The highest BCUT2D eigenvalue weighted by molar-refractivity contribution is 5.65. The van der Waals surface area contributed by atoms with Crippen LogP contribution in [0.1, 0.15) is 12.8 Å². The fraction of sp³-hybridized carbons (Fsp3) is 0.583. The molecule has 1 saturated heterocycles. The van der Waals surface area contributed by atoms with Gasteiger partial charge < -0.3 is 14.4 Å². The summed E-state index contributed by atoms with van der Waals surface area (Å²) in [5, 5.41) is 0. The van der Waals surface area contributed by atoms with Crippen LogP contribution in [0.15, 0.2) is 24.4 Å². The maximum atomic E-state index is 10.0. The molecular formula is C12H19NO3. The quantitative estimate of drug-likeness (QED) is 0.388. The third kappa shape index (κ3) is 4.16. The van der Waals surface area contributed by atoms with Gasteiger partial charge in [0.25, 0.3) is 0 Å². The van der Waals surface area contributed by atoms with E-state index in [4.69, 9.17) is 9.47 Å². The highest BCUT2D eigenvalue weighted by Crippen LogP contribution is 2.22. The number of methoxy groups -OCH3 is 1. The molecule has 2 atom stereocenters. The van der Waals surface area contributed by atoms with Crippen LogP contribution in [0.5, 0.6) is 0 Å². The van der Waals surface area contributed by atoms with Crippen LogP contribution in [-0.4, -0.2) is 44.3 Å². The first kappa shape index (κ1) is 12.9. The molecular weight excluding hydrogens is 206 g/mol. The summed E-state index contributed by atoms with van der Waals surface area (Å²) in [4.78, 5) is 12.1. The average molecular weight is 225 g/mol. The van der Waals surface area contributed by atoms with Crippen molar-refractivity contribution in [3.05, 3.63) is 24.4 Å². The molecule has 2 unspecified atom stereocenters. The highest BCUT2D eigenvalue weighted by atomic mass is 16.5. The SMILES string of the molecule is COCC1CCC(N(C)/C=C\C=C/C=O)O1. The molecule has 16 heavy (non-hydrogen) atoms. The second-order valence-electron chi connectivity index (χ2n) is 3.77. The molecule has 1 aliphatic rings. The molecule has 1 heterocycles. The van der Waals surface area contributed by atoms with Crippen molar-refractivity contribution in [1.29, 1.82) is 0 Å². The fourth-order valence-electron chi connectivity index (χ4n) is 1.69. The van der Waals surface area contributed by atoms with Crippen molar-refractivity contribution in [3.8, 4) is 0 Å². The zero-order valence-corrected chi connectivity index (χ0v) is 9.83. The van der Waals surface area contributed by atoms with E-state index < -0.39 is 0 Å². The Balaban J connectivity index is 2.32. The summed E-state index contributed by atoms with van der Waals surface area (Å²) in [7, 11) is 3.65. The van der Waals surface area contributed by atoms with Gasteiger partial charge in [-0.25, -0.2) is 0 Å². The summed E-state index contributed by atoms with van der Waals surface area (Å²) in [5.74, 6) is 0. The van der Waals surface area contributed by atoms with Gasteiger partial charge in [-0.2, -0.15) is 0 Å². The van der Waals surface area contributed by atoms with E-state index in [1.165, 1.54) is 6.08 Å². The van der Waals surface area contributed by atoms with E-state index in [0.29, 0.717) is 6.61 Å². The number of aldehydes is 1. The first-order chi connectivity index (χ1) is 7.77.